The quantitative estimate of drug-likeness (QED) is 0.0195. The van der Waals surface area contributed by atoms with Crippen LogP contribution in [-0.2, 0) is 33.3 Å². The molecule has 0 fully saturated rings. The van der Waals surface area contributed by atoms with E-state index >= 15 is 0 Å². The number of carboxylic acids is 1. The molecule has 0 aliphatic rings. The number of hydrogen-bond acceptors (Lipinski definition) is 8. The molecule has 0 aliphatic carbocycles. The number of rotatable bonds is 78. The van der Waals surface area contributed by atoms with Gasteiger partial charge in [-0.3, -0.25) is 9.59 Å². The van der Waals surface area contributed by atoms with Crippen LogP contribution >= 0.6 is 0 Å². The molecule has 0 amide bonds. The molecule has 0 aromatic heterocycles. The first-order valence-electron chi connectivity index (χ1n) is 41.4. The molecule has 0 spiro atoms. The second kappa shape index (κ2) is 76.7. The van der Waals surface area contributed by atoms with Crippen LogP contribution < -0.4 is 5.11 Å². The summed E-state index contributed by atoms with van der Waals surface area (Å²) in [5.41, 5.74) is 0. The summed E-state index contributed by atoms with van der Waals surface area (Å²) < 4.78 is 22.9. The number of ether oxygens (including phenoxy) is 4. The van der Waals surface area contributed by atoms with Crippen LogP contribution in [0.4, 0.5) is 0 Å². The average molecular weight is 1340 g/mol. The highest BCUT2D eigenvalue weighted by atomic mass is 16.7. The number of carboxylic acid groups (broad SMARTS) is 1. The van der Waals surface area contributed by atoms with Gasteiger partial charge in [-0.1, -0.05) is 383 Å². The van der Waals surface area contributed by atoms with Gasteiger partial charge in [-0.05, 0) is 77.0 Å². The van der Waals surface area contributed by atoms with E-state index in [1.54, 1.807) is 0 Å². The predicted molar refractivity (Wildman–Crippen MR) is 408 cm³/mol. The topological polar surface area (TPSA) is 111 Å². The number of hydrogen-bond donors (Lipinski definition) is 0. The second-order valence-corrected chi connectivity index (χ2v) is 29.4. The normalized spacial score (nSPS) is 12.9. The van der Waals surface area contributed by atoms with E-state index in [0.717, 1.165) is 57.8 Å². The van der Waals surface area contributed by atoms with E-state index in [-0.39, 0.29) is 32.2 Å². The van der Waals surface area contributed by atoms with E-state index in [0.29, 0.717) is 23.9 Å². The van der Waals surface area contributed by atoms with Crippen molar-refractivity contribution in [2.24, 2.45) is 0 Å². The molecule has 2 atom stereocenters. The summed E-state index contributed by atoms with van der Waals surface area (Å²) >= 11 is 0. The van der Waals surface area contributed by atoms with E-state index in [4.69, 9.17) is 18.9 Å². The van der Waals surface area contributed by atoms with Crippen molar-refractivity contribution in [2.75, 3.05) is 47.5 Å². The van der Waals surface area contributed by atoms with E-state index < -0.39 is 24.3 Å². The summed E-state index contributed by atoms with van der Waals surface area (Å²) in [5.74, 6) is -2.25. The molecule has 0 radical (unpaired) electrons. The van der Waals surface area contributed by atoms with Gasteiger partial charge < -0.3 is 33.3 Å². The first-order chi connectivity index (χ1) is 46.6. The van der Waals surface area contributed by atoms with E-state index in [1.165, 1.54) is 321 Å². The number of carbonyl (C=O) groups excluding carboxylic acids is 3. The first kappa shape index (κ1) is 92.0. The minimum Gasteiger partial charge on any atom is -0.545 e. The molecule has 556 valence electrons. The van der Waals surface area contributed by atoms with Crippen molar-refractivity contribution < 1.29 is 42.9 Å². The maximum absolute atomic E-state index is 13.0. The molecule has 0 bridgehead atoms. The first-order valence-corrected chi connectivity index (χ1v) is 41.4. The van der Waals surface area contributed by atoms with Gasteiger partial charge in [0.25, 0.3) is 0 Å². The van der Waals surface area contributed by atoms with Crippen LogP contribution in [0.2, 0.25) is 0 Å². The van der Waals surface area contributed by atoms with Crippen LogP contribution in [0.3, 0.4) is 0 Å². The molecule has 9 heteroatoms. The SMILES string of the molecule is CC/C=C\C/C=C\C/C=C\C/C=C\CCCCCCCCCCCCCCCCCCC(=O)OC(COC(=O)CCCCCCCCCCCCCCCCCCCCCCCCCCCCCCC/C=C\CCCCCCCCCC)COC(OCC[N+](C)(C)C)C(=O)[O-]. The van der Waals surface area contributed by atoms with Crippen molar-refractivity contribution in [3.05, 3.63) is 60.8 Å². The van der Waals surface area contributed by atoms with Gasteiger partial charge in [-0.25, -0.2) is 0 Å². The number of nitrogens with zero attached hydrogens (tertiary/aromatic N) is 1. The zero-order valence-corrected chi connectivity index (χ0v) is 63.8. The van der Waals surface area contributed by atoms with E-state index in [2.05, 4.69) is 74.6 Å². The summed E-state index contributed by atoms with van der Waals surface area (Å²) in [4.78, 5) is 37.6. The molecule has 0 saturated carbocycles. The molecular weight excluding hydrogens is 1170 g/mol. The van der Waals surface area contributed by atoms with Crippen molar-refractivity contribution in [1.82, 2.24) is 0 Å². The number of quaternary nitrogens is 1. The summed E-state index contributed by atoms with van der Waals surface area (Å²) in [6, 6.07) is 0. The fourth-order valence-corrected chi connectivity index (χ4v) is 12.5. The Morgan fingerprint density at radius 2 is 0.600 bits per heavy atom. The monoisotopic (exact) mass is 1330 g/mol. The van der Waals surface area contributed by atoms with Crippen molar-refractivity contribution in [3.8, 4) is 0 Å². The maximum Gasteiger partial charge on any atom is 0.306 e. The van der Waals surface area contributed by atoms with Gasteiger partial charge in [0.2, 0.25) is 0 Å². The van der Waals surface area contributed by atoms with Crippen LogP contribution in [0.25, 0.3) is 0 Å². The van der Waals surface area contributed by atoms with Gasteiger partial charge in [0.1, 0.15) is 13.2 Å². The number of likely N-dealkylation sites (N-methyl/N-ethyl adjacent to an activating group) is 1. The van der Waals surface area contributed by atoms with Crippen LogP contribution in [0.5, 0.6) is 0 Å². The van der Waals surface area contributed by atoms with Gasteiger partial charge in [0.15, 0.2) is 12.4 Å². The lowest BCUT2D eigenvalue weighted by Gasteiger charge is -2.26. The fraction of sp³-hybridized carbons (Fsp3) is 0.849. The lowest BCUT2D eigenvalue weighted by molar-refractivity contribution is -0.870. The lowest BCUT2D eigenvalue weighted by atomic mass is 10.0. The molecule has 2 unspecified atom stereocenters. The Kier molecular flexibility index (Phi) is 74.3. The number of unbranched alkanes of at least 4 members (excludes halogenated alkanes) is 53. The third kappa shape index (κ3) is 78.2. The minimum atomic E-state index is -1.62. The van der Waals surface area contributed by atoms with Crippen molar-refractivity contribution >= 4 is 17.9 Å². The molecule has 0 rings (SSSR count). The molecular formula is C86H159NO8. The third-order valence-corrected chi connectivity index (χ3v) is 18.7. The van der Waals surface area contributed by atoms with E-state index in [9.17, 15) is 19.5 Å². The molecule has 0 aliphatic heterocycles. The van der Waals surface area contributed by atoms with Gasteiger partial charge in [-0.15, -0.1) is 0 Å². The molecule has 0 N–H and O–H groups in total. The summed E-state index contributed by atoms with van der Waals surface area (Å²) in [6.45, 7) is 4.70. The van der Waals surface area contributed by atoms with Crippen molar-refractivity contribution in [3.63, 3.8) is 0 Å². The third-order valence-electron chi connectivity index (χ3n) is 18.7. The van der Waals surface area contributed by atoms with E-state index in [1.807, 2.05) is 21.1 Å². The number of allylic oxidation sites excluding steroid dienone is 10. The molecule has 0 aromatic rings. The standard InChI is InChI=1S/C86H159NO8/c1-6-8-10-12-14-16-18-20-22-24-26-28-30-32-34-36-37-38-39-40-41-42-43-44-45-46-47-49-50-52-54-56-58-60-62-64-66-68-70-72-74-76-83(88)93-80-82(81-94-86(85(90)91)92-79-78-87(3,4)5)95-84(89)77-75-73-71-69-67-65-63-61-59-57-55-53-51-48-35-33-31-29-27-25-23-21-19-17-15-13-11-9-7-2/h9,11,15,17,21,23-24,26-27,29,82,86H,6-8,10,12-14,16,18-20,22,25,28,30-81H2,1-5H3/b11-9-,17-15-,23-21-,26-24-,29-27-. The number of carbonyl (C=O) groups is 3. The molecule has 95 heavy (non-hydrogen) atoms. The highest BCUT2D eigenvalue weighted by Crippen LogP contribution is 2.20. The molecule has 0 aromatic carbocycles. The zero-order chi connectivity index (χ0) is 69.0. The van der Waals surface area contributed by atoms with Crippen LogP contribution in [-0.4, -0.2) is 82.3 Å². The number of esters is 2. The maximum atomic E-state index is 13.0. The van der Waals surface area contributed by atoms with Gasteiger partial charge in [0, 0.05) is 12.8 Å². The van der Waals surface area contributed by atoms with Gasteiger partial charge in [-0.2, -0.15) is 0 Å². The fourth-order valence-electron chi connectivity index (χ4n) is 12.5. The average Bonchev–Trinajstić information content (AvgIpc) is 2.86. The van der Waals surface area contributed by atoms with Gasteiger partial charge >= 0.3 is 11.9 Å². The smallest absolute Gasteiger partial charge is 0.306 e. The highest BCUT2D eigenvalue weighted by Gasteiger charge is 2.22. The van der Waals surface area contributed by atoms with Crippen LogP contribution in [0, 0.1) is 0 Å². The Bertz CT molecular complexity index is 1750. The summed E-state index contributed by atoms with van der Waals surface area (Å²) in [7, 11) is 5.95. The summed E-state index contributed by atoms with van der Waals surface area (Å²) in [6.07, 6.45) is 99.4. The van der Waals surface area contributed by atoms with Gasteiger partial charge in [0.05, 0.1) is 40.3 Å². The Morgan fingerprint density at radius 1 is 0.326 bits per heavy atom. The molecule has 0 saturated heterocycles. The lowest BCUT2D eigenvalue weighted by Crippen LogP contribution is -2.44. The Labute approximate surface area is 590 Å². The molecule has 9 nitrogen and oxygen atoms in total. The largest absolute Gasteiger partial charge is 0.545 e. The Balaban J connectivity index is 3.92. The zero-order valence-electron chi connectivity index (χ0n) is 63.8. The molecule has 0 heterocycles. The van der Waals surface area contributed by atoms with Crippen molar-refractivity contribution in [2.45, 2.75) is 424 Å². The van der Waals surface area contributed by atoms with Crippen LogP contribution in [0.1, 0.15) is 412 Å². The minimum absolute atomic E-state index is 0.149. The summed E-state index contributed by atoms with van der Waals surface area (Å²) in [5, 5.41) is 11.9. The predicted octanol–water partition coefficient (Wildman–Crippen LogP) is 25.3. The Morgan fingerprint density at radius 3 is 0.905 bits per heavy atom. The Hall–Kier alpha value is -3.01. The van der Waals surface area contributed by atoms with Crippen molar-refractivity contribution in [1.29, 1.82) is 0 Å². The highest BCUT2D eigenvalue weighted by molar-refractivity contribution is 5.70. The van der Waals surface area contributed by atoms with Crippen LogP contribution in [0.15, 0.2) is 60.8 Å². The number of aliphatic carboxylic acids is 1. The second-order valence-electron chi connectivity index (χ2n) is 29.4.